The van der Waals surface area contributed by atoms with E-state index in [0.717, 1.165) is 36.2 Å². The lowest BCUT2D eigenvalue weighted by Gasteiger charge is -2.29. The summed E-state index contributed by atoms with van der Waals surface area (Å²) in [5, 5.41) is 0. The molecule has 0 N–H and O–H groups in total. The molecule has 1 atom stereocenters. The SMILES string of the molecule is CCC(C)N(Cc1ccc(OC)c(OS(=O)(=O)c2ccc(F)cc2)c1)C(=O)c1ccccc1C. The molecule has 0 aliphatic heterocycles. The van der Waals surface area contributed by atoms with Gasteiger partial charge in [-0.1, -0.05) is 31.2 Å². The Balaban J connectivity index is 1.93. The van der Waals surface area contributed by atoms with Crippen LogP contribution in [0.1, 0.15) is 41.8 Å². The predicted molar refractivity (Wildman–Crippen MR) is 128 cm³/mol. The molecule has 34 heavy (non-hydrogen) atoms. The van der Waals surface area contributed by atoms with E-state index in [2.05, 4.69) is 0 Å². The molecule has 3 aromatic rings. The van der Waals surface area contributed by atoms with Gasteiger partial charge in [-0.2, -0.15) is 8.42 Å². The Labute approximate surface area is 200 Å². The van der Waals surface area contributed by atoms with Crippen LogP contribution in [0.3, 0.4) is 0 Å². The number of amides is 1. The van der Waals surface area contributed by atoms with Gasteiger partial charge in [0.2, 0.25) is 0 Å². The summed E-state index contributed by atoms with van der Waals surface area (Å²) in [4.78, 5) is 14.9. The van der Waals surface area contributed by atoms with Gasteiger partial charge in [0.1, 0.15) is 10.7 Å². The molecule has 0 bridgehead atoms. The molecular weight excluding hydrogens is 457 g/mol. The second-order valence-electron chi connectivity index (χ2n) is 7.98. The quantitative estimate of drug-likeness (QED) is 0.382. The van der Waals surface area contributed by atoms with E-state index in [1.807, 2.05) is 39.0 Å². The highest BCUT2D eigenvalue weighted by atomic mass is 32.2. The van der Waals surface area contributed by atoms with Gasteiger partial charge in [0, 0.05) is 18.2 Å². The van der Waals surface area contributed by atoms with Crippen LogP contribution in [0.2, 0.25) is 0 Å². The number of rotatable bonds is 9. The van der Waals surface area contributed by atoms with Gasteiger partial charge >= 0.3 is 10.1 Å². The molecular formula is C26H28FNO5S. The Morgan fingerprint density at radius 2 is 1.71 bits per heavy atom. The second kappa shape index (κ2) is 10.7. The number of hydrogen-bond acceptors (Lipinski definition) is 5. The van der Waals surface area contributed by atoms with Crippen molar-refractivity contribution in [3.8, 4) is 11.5 Å². The molecule has 1 unspecified atom stereocenters. The molecule has 0 saturated carbocycles. The van der Waals surface area contributed by atoms with E-state index in [9.17, 15) is 17.6 Å². The van der Waals surface area contributed by atoms with Gasteiger partial charge in [-0.15, -0.1) is 0 Å². The number of ether oxygens (including phenoxy) is 1. The fourth-order valence-corrected chi connectivity index (χ4v) is 4.40. The molecule has 0 radical (unpaired) electrons. The number of carbonyl (C=O) groups is 1. The van der Waals surface area contributed by atoms with E-state index >= 15 is 0 Å². The molecule has 0 aliphatic carbocycles. The van der Waals surface area contributed by atoms with Crippen molar-refractivity contribution >= 4 is 16.0 Å². The largest absolute Gasteiger partial charge is 0.493 e. The van der Waals surface area contributed by atoms with E-state index < -0.39 is 15.9 Å². The first kappa shape index (κ1) is 25.2. The van der Waals surface area contributed by atoms with Gasteiger partial charge in [-0.25, -0.2) is 4.39 Å². The molecule has 0 aromatic heterocycles. The lowest BCUT2D eigenvalue weighted by molar-refractivity contribution is 0.0670. The lowest BCUT2D eigenvalue weighted by Crippen LogP contribution is -2.38. The molecule has 0 heterocycles. The van der Waals surface area contributed by atoms with Gasteiger partial charge in [0.15, 0.2) is 11.5 Å². The minimum Gasteiger partial charge on any atom is -0.493 e. The highest BCUT2D eigenvalue weighted by Crippen LogP contribution is 2.32. The van der Waals surface area contributed by atoms with E-state index in [-0.39, 0.29) is 34.9 Å². The van der Waals surface area contributed by atoms with Crippen LogP contribution in [-0.2, 0) is 16.7 Å². The molecule has 0 aliphatic rings. The van der Waals surface area contributed by atoms with E-state index in [4.69, 9.17) is 8.92 Å². The van der Waals surface area contributed by atoms with Gasteiger partial charge in [0.25, 0.3) is 5.91 Å². The molecule has 0 saturated heterocycles. The molecule has 180 valence electrons. The molecule has 0 fully saturated rings. The average Bonchev–Trinajstić information content (AvgIpc) is 2.82. The van der Waals surface area contributed by atoms with Crippen molar-refractivity contribution in [2.45, 2.75) is 44.7 Å². The summed E-state index contributed by atoms with van der Waals surface area (Å²) in [6.45, 7) is 6.11. The maximum Gasteiger partial charge on any atom is 0.339 e. The van der Waals surface area contributed by atoms with Crippen molar-refractivity contribution in [2.24, 2.45) is 0 Å². The van der Waals surface area contributed by atoms with Crippen LogP contribution in [0, 0.1) is 12.7 Å². The van der Waals surface area contributed by atoms with Crippen molar-refractivity contribution in [3.63, 3.8) is 0 Å². The molecule has 3 rings (SSSR count). The standard InChI is InChI=1S/C26H28FNO5S/c1-5-19(3)28(26(29)23-9-7-6-8-18(23)2)17-20-10-15-24(32-4)25(16-20)33-34(30,31)22-13-11-21(27)12-14-22/h6-16,19H,5,17H2,1-4H3. The number of nitrogens with zero attached hydrogens (tertiary/aromatic N) is 1. The van der Waals surface area contributed by atoms with Crippen molar-refractivity contribution in [2.75, 3.05) is 7.11 Å². The van der Waals surface area contributed by atoms with Crippen molar-refractivity contribution < 1.29 is 26.5 Å². The minimum absolute atomic E-state index is 0.0169. The highest BCUT2D eigenvalue weighted by Gasteiger charge is 2.24. The van der Waals surface area contributed by atoms with Crippen LogP contribution in [0.5, 0.6) is 11.5 Å². The summed E-state index contributed by atoms with van der Waals surface area (Å²) < 4.78 is 49.3. The van der Waals surface area contributed by atoms with E-state index in [1.54, 1.807) is 29.2 Å². The number of benzene rings is 3. The van der Waals surface area contributed by atoms with Gasteiger partial charge < -0.3 is 13.8 Å². The van der Waals surface area contributed by atoms with Crippen molar-refractivity contribution in [1.82, 2.24) is 4.90 Å². The minimum atomic E-state index is -4.22. The summed E-state index contributed by atoms with van der Waals surface area (Å²) in [5.41, 5.74) is 2.17. The molecule has 0 spiro atoms. The number of carbonyl (C=O) groups excluding carboxylic acids is 1. The normalized spacial score (nSPS) is 12.1. The Morgan fingerprint density at radius 1 is 1.03 bits per heavy atom. The van der Waals surface area contributed by atoms with E-state index in [1.165, 1.54) is 7.11 Å². The zero-order chi connectivity index (χ0) is 24.9. The monoisotopic (exact) mass is 485 g/mol. The summed E-state index contributed by atoms with van der Waals surface area (Å²) >= 11 is 0. The van der Waals surface area contributed by atoms with E-state index in [0.29, 0.717) is 11.1 Å². The molecule has 1 amide bonds. The van der Waals surface area contributed by atoms with Crippen LogP contribution >= 0.6 is 0 Å². The summed E-state index contributed by atoms with van der Waals surface area (Å²) in [6, 6.07) is 16.6. The number of hydrogen-bond donors (Lipinski definition) is 0. The number of halogens is 1. The second-order valence-corrected chi connectivity index (χ2v) is 9.53. The first-order chi connectivity index (χ1) is 16.2. The van der Waals surface area contributed by atoms with Crippen LogP contribution in [0.25, 0.3) is 0 Å². The molecule has 6 nitrogen and oxygen atoms in total. The zero-order valence-corrected chi connectivity index (χ0v) is 20.4. The first-order valence-electron chi connectivity index (χ1n) is 10.9. The Morgan fingerprint density at radius 3 is 2.32 bits per heavy atom. The third-order valence-electron chi connectivity index (χ3n) is 5.64. The van der Waals surface area contributed by atoms with Crippen LogP contribution in [0.4, 0.5) is 4.39 Å². The number of methoxy groups -OCH3 is 1. The van der Waals surface area contributed by atoms with Gasteiger partial charge in [-0.3, -0.25) is 4.79 Å². The number of aryl methyl sites for hydroxylation is 1. The fourth-order valence-electron chi connectivity index (χ4n) is 3.46. The van der Waals surface area contributed by atoms with Crippen LogP contribution in [-0.4, -0.2) is 32.4 Å². The van der Waals surface area contributed by atoms with Crippen molar-refractivity contribution in [3.05, 3.63) is 89.2 Å². The fraction of sp³-hybridized carbons (Fsp3) is 0.269. The zero-order valence-electron chi connectivity index (χ0n) is 19.6. The Kier molecular flexibility index (Phi) is 7.94. The smallest absolute Gasteiger partial charge is 0.339 e. The van der Waals surface area contributed by atoms with Crippen LogP contribution < -0.4 is 8.92 Å². The maximum absolute atomic E-state index is 13.4. The maximum atomic E-state index is 13.4. The van der Waals surface area contributed by atoms with Crippen LogP contribution in [0.15, 0.2) is 71.6 Å². The molecule has 8 heteroatoms. The predicted octanol–water partition coefficient (Wildman–Crippen LogP) is 5.35. The van der Waals surface area contributed by atoms with Crippen molar-refractivity contribution in [1.29, 1.82) is 0 Å². The molecule has 3 aromatic carbocycles. The van der Waals surface area contributed by atoms with Gasteiger partial charge in [-0.05, 0) is 73.9 Å². The van der Waals surface area contributed by atoms with Gasteiger partial charge in [0.05, 0.1) is 7.11 Å². The first-order valence-corrected chi connectivity index (χ1v) is 12.3. The third kappa shape index (κ3) is 5.75. The average molecular weight is 486 g/mol. The third-order valence-corrected chi connectivity index (χ3v) is 6.89. The Hall–Kier alpha value is -3.39. The highest BCUT2D eigenvalue weighted by molar-refractivity contribution is 7.87. The Bertz CT molecular complexity index is 1260. The summed E-state index contributed by atoms with van der Waals surface area (Å²) in [5.74, 6) is -0.460. The lowest BCUT2D eigenvalue weighted by atomic mass is 10.0. The summed E-state index contributed by atoms with van der Waals surface area (Å²) in [6.07, 6.45) is 0.746. The topological polar surface area (TPSA) is 72.9 Å². The summed E-state index contributed by atoms with van der Waals surface area (Å²) in [7, 11) is -2.82.